The van der Waals surface area contributed by atoms with Crippen LogP contribution in [0.1, 0.15) is 29.7 Å². The van der Waals surface area contributed by atoms with Crippen LogP contribution in [0.5, 0.6) is 5.75 Å². The topological polar surface area (TPSA) is 71.2 Å². The molecule has 30 heavy (non-hydrogen) atoms. The fourth-order valence-corrected chi connectivity index (χ4v) is 3.50. The zero-order valence-corrected chi connectivity index (χ0v) is 17.0. The molecule has 5 nitrogen and oxygen atoms in total. The van der Waals surface area contributed by atoms with Crippen LogP contribution in [-0.2, 0) is 11.4 Å². The Labute approximate surface area is 179 Å². The Morgan fingerprint density at radius 3 is 2.47 bits per heavy atom. The second-order valence-electron chi connectivity index (χ2n) is 7.14. The lowest BCUT2D eigenvalue weighted by Gasteiger charge is -2.13. The average molecular weight is 421 g/mol. The predicted octanol–water partition coefficient (Wildman–Crippen LogP) is 4.32. The molecule has 2 heterocycles. The zero-order chi connectivity index (χ0) is 20.9. The van der Waals surface area contributed by atoms with Gasteiger partial charge in [-0.05, 0) is 41.8 Å². The highest BCUT2D eigenvalue weighted by Crippen LogP contribution is 2.26. The van der Waals surface area contributed by atoms with E-state index in [4.69, 9.17) is 16.3 Å². The number of carbonyl (C=O) groups is 1. The van der Waals surface area contributed by atoms with Gasteiger partial charge in [0.25, 0.3) is 5.56 Å². The fraction of sp³-hybridized carbons (Fsp3) is 0.167. The van der Waals surface area contributed by atoms with E-state index >= 15 is 0 Å². The van der Waals surface area contributed by atoms with Crippen LogP contribution in [-0.4, -0.2) is 16.9 Å². The maximum atomic E-state index is 12.0. The number of ether oxygens (including phenoxy) is 1. The molecule has 1 fully saturated rings. The molecule has 1 saturated heterocycles. The van der Waals surface area contributed by atoms with Gasteiger partial charge in [-0.3, -0.25) is 9.59 Å². The van der Waals surface area contributed by atoms with Gasteiger partial charge in [0, 0.05) is 23.7 Å². The van der Waals surface area contributed by atoms with Crippen LogP contribution in [0, 0.1) is 0 Å². The van der Waals surface area contributed by atoms with Gasteiger partial charge in [-0.15, -0.1) is 0 Å². The molecule has 3 aromatic rings. The lowest BCUT2D eigenvalue weighted by atomic mass is 9.99. The van der Waals surface area contributed by atoms with Crippen LogP contribution in [0.25, 0.3) is 5.57 Å². The summed E-state index contributed by atoms with van der Waals surface area (Å²) in [7, 11) is 0. The molecule has 2 N–H and O–H groups in total. The number of rotatable bonds is 6. The van der Waals surface area contributed by atoms with E-state index in [2.05, 4.69) is 10.3 Å². The van der Waals surface area contributed by atoms with Gasteiger partial charge in [-0.2, -0.15) is 0 Å². The number of H-pyrrole nitrogens is 1. The Bertz CT molecular complexity index is 1120. The normalized spacial score (nSPS) is 16.4. The smallest absolute Gasteiger partial charge is 0.267 e. The first kappa shape index (κ1) is 20.0. The van der Waals surface area contributed by atoms with Gasteiger partial charge in [-0.25, -0.2) is 0 Å². The number of pyridine rings is 1. The minimum absolute atomic E-state index is 0.0323. The van der Waals surface area contributed by atoms with Gasteiger partial charge in [0.15, 0.2) is 0 Å². The van der Waals surface area contributed by atoms with Crippen molar-refractivity contribution in [2.45, 2.75) is 25.5 Å². The summed E-state index contributed by atoms with van der Waals surface area (Å²) in [5.41, 5.74) is 3.12. The van der Waals surface area contributed by atoms with Crippen molar-refractivity contribution in [2.75, 3.05) is 0 Å². The number of hydrogen-bond donors (Lipinski definition) is 2. The van der Waals surface area contributed by atoms with E-state index in [1.165, 1.54) is 0 Å². The molecular formula is C24H21ClN2O3. The minimum Gasteiger partial charge on any atom is -0.489 e. The molecule has 1 aliphatic heterocycles. The Balaban J connectivity index is 1.60. The number of aromatic amines is 1. The molecule has 0 saturated carbocycles. The van der Waals surface area contributed by atoms with Crippen molar-refractivity contribution in [3.8, 4) is 5.75 Å². The molecule has 1 amide bonds. The van der Waals surface area contributed by atoms with Crippen molar-refractivity contribution >= 4 is 23.1 Å². The third-order valence-corrected chi connectivity index (χ3v) is 5.26. The van der Waals surface area contributed by atoms with Gasteiger partial charge in [-0.1, -0.05) is 60.1 Å². The standard InChI is InChI=1S/C24H21ClN2O3/c25-21-11-12-22(27-24(21)29)20(14-18-8-13-23(28)26-18)17-6-9-19(10-7-17)30-15-16-4-2-1-3-5-16/h1-7,9-12,14,18H,8,13,15H2,(H,26,28)(H,27,29)/t18-/m1/s1. The van der Waals surface area contributed by atoms with Crippen LogP contribution in [0.3, 0.4) is 0 Å². The number of amides is 1. The number of benzene rings is 2. The van der Waals surface area contributed by atoms with Crippen LogP contribution in [0.15, 0.2) is 77.6 Å². The Kier molecular flexibility index (Phi) is 6.00. The molecule has 1 aliphatic rings. The lowest BCUT2D eigenvalue weighted by Crippen LogP contribution is -2.23. The highest BCUT2D eigenvalue weighted by Gasteiger charge is 2.20. The molecule has 1 atom stereocenters. The maximum absolute atomic E-state index is 12.0. The summed E-state index contributed by atoms with van der Waals surface area (Å²) < 4.78 is 5.86. The minimum atomic E-state index is -0.349. The van der Waals surface area contributed by atoms with Gasteiger partial charge in [0.2, 0.25) is 5.91 Å². The van der Waals surface area contributed by atoms with E-state index in [-0.39, 0.29) is 22.5 Å². The van der Waals surface area contributed by atoms with Crippen LogP contribution in [0.2, 0.25) is 5.02 Å². The summed E-state index contributed by atoms with van der Waals surface area (Å²) in [5.74, 6) is 0.783. The quantitative estimate of drug-likeness (QED) is 0.624. The molecule has 0 aliphatic carbocycles. The van der Waals surface area contributed by atoms with Crippen molar-refractivity contribution in [3.05, 3.63) is 105 Å². The van der Waals surface area contributed by atoms with Crippen LogP contribution in [0.4, 0.5) is 0 Å². The van der Waals surface area contributed by atoms with E-state index in [0.717, 1.165) is 28.9 Å². The van der Waals surface area contributed by atoms with E-state index in [1.54, 1.807) is 12.1 Å². The van der Waals surface area contributed by atoms with Gasteiger partial charge >= 0.3 is 0 Å². The molecule has 152 valence electrons. The lowest BCUT2D eigenvalue weighted by molar-refractivity contribution is -0.119. The average Bonchev–Trinajstić information content (AvgIpc) is 3.18. The van der Waals surface area contributed by atoms with Crippen molar-refractivity contribution in [1.29, 1.82) is 0 Å². The number of nitrogens with one attached hydrogen (secondary N) is 2. The summed E-state index contributed by atoms with van der Waals surface area (Å²) in [4.78, 5) is 26.5. The summed E-state index contributed by atoms with van der Waals surface area (Å²) >= 11 is 5.89. The summed E-state index contributed by atoms with van der Waals surface area (Å²) in [6, 6.07) is 20.9. The molecule has 0 unspecified atom stereocenters. The highest BCUT2D eigenvalue weighted by molar-refractivity contribution is 6.30. The van der Waals surface area contributed by atoms with Crippen molar-refractivity contribution in [2.24, 2.45) is 0 Å². The summed E-state index contributed by atoms with van der Waals surface area (Å²) in [6.07, 6.45) is 3.19. The predicted molar refractivity (Wildman–Crippen MR) is 118 cm³/mol. The molecule has 0 radical (unpaired) electrons. The summed E-state index contributed by atoms with van der Waals surface area (Å²) in [5, 5.41) is 3.08. The second kappa shape index (κ2) is 9.01. The fourth-order valence-electron chi connectivity index (χ4n) is 3.39. The van der Waals surface area contributed by atoms with Crippen LogP contribution >= 0.6 is 11.6 Å². The first-order valence-corrected chi connectivity index (χ1v) is 10.1. The Morgan fingerprint density at radius 1 is 1.03 bits per heavy atom. The monoisotopic (exact) mass is 420 g/mol. The van der Waals surface area contributed by atoms with E-state index in [9.17, 15) is 9.59 Å². The van der Waals surface area contributed by atoms with Gasteiger partial charge in [0.05, 0.1) is 0 Å². The van der Waals surface area contributed by atoms with Crippen molar-refractivity contribution in [3.63, 3.8) is 0 Å². The molecule has 0 spiro atoms. The summed E-state index contributed by atoms with van der Waals surface area (Å²) in [6.45, 7) is 0.488. The number of hydrogen-bond acceptors (Lipinski definition) is 3. The highest BCUT2D eigenvalue weighted by atomic mass is 35.5. The molecule has 1 aromatic heterocycles. The second-order valence-corrected chi connectivity index (χ2v) is 7.55. The van der Waals surface area contributed by atoms with E-state index in [0.29, 0.717) is 18.7 Å². The molecule has 0 bridgehead atoms. The largest absolute Gasteiger partial charge is 0.489 e. The van der Waals surface area contributed by atoms with Crippen molar-refractivity contribution < 1.29 is 9.53 Å². The first-order chi connectivity index (χ1) is 14.6. The molecule has 4 rings (SSSR count). The van der Waals surface area contributed by atoms with E-state index in [1.807, 2.05) is 60.7 Å². The van der Waals surface area contributed by atoms with E-state index < -0.39 is 0 Å². The maximum Gasteiger partial charge on any atom is 0.267 e. The van der Waals surface area contributed by atoms with Gasteiger partial charge in [0.1, 0.15) is 17.4 Å². The number of halogens is 1. The molecule has 2 aromatic carbocycles. The number of carbonyl (C=O) groups excluding carboxylic acids is 1. The number of aromatic nitrogens is 1. The van der Waals surface area contributed by atoms with Gasteiger partial charge < -0.3 is 15.0 Å². The molecular weight excluding hydrogens is 400 g/mol. The SMILES string of the molecule is O=C1CC[C@H](C=C(c2ccc(OCc3ccccc3)cc2)c2ccc(Cl)c(=O)[nH]2)N1. The molecule has 6 heteroatoms. The Morgan fingerprint density at radius 2 is 1.80 bits per heavy atom. The third kappa shape index (κ3) is 4.81. The van der Waals surface area contributed by atoms with Crippen molar-refractivity contribution in [1.82, 2.24) is 10.3 Å². The first-order valence-electron chi connectivity index (χ1n) is 9.76. The van der Waals surface area contributed by atoms with Crippen LogP contribution < -0.4 is 15.6 Å². The third-order valence-electron chi connectivity index (χ3n) is 4.96. The zero-order valence-electron chi connectivity index (χ0n) is 16.2. The Hall–Kier alpha value is -3.31.